The third-order valence-electron chi connectivity index (χ3n) is 4.09. The van der Waals surface area contributed by atoms with Crippen LogP contribution in [0.15, 0.2) is 42.6 Å². The van der Waals surface area contributed by atoms with Crippen molar-refractivity contribution in [3.05, 3.63) is 58.7 Å². The smallest absolute Gasteiger partial charge is 0.126 e. The summed E-state index contributed by atoms with van der Waals surface area (Å²) >= 11 is 6.02. The Morgan fingerprint density at radius 1 is 1.33 bits per heavy atom. The number of benzene rings is 1. The van der Waals surface area contributed by atoms with E-state index in [2.05, 4.69) is 28.3 Å². The summed E-state index contributed by atoms with van der Waals surface area (Å²) in [7, 11) is 2.09. The third kappa shape index (κ3) is 4.04. The molecule has 2 atom stereocenters. The van der Waals surface area contributed by atoms with Crippen molar-refractivity contribution in [2.45, 2.75) is 12.1 Å². The van der Waals surface area contributed by atoms with Crippen molar-refractivity contribution in [3.63, 3.8) is 0 Å². The molecule has 24 heavy (non-hydrogen) atoms. The molecule has 0 unspecified atom stereocenters. The molecule has 1 fully saturated rings. The number of halogens is 1. The van der Waals surface area contributed by atoms with E-state index in [-0.39, 0.29) is 12.1 Å². The Hall–Kier alpha value is -2.13. The van der Waals surface area contributed by atoms with Gasteiger partial charge in [-0.15, -0.1) is 0 Å². The van der Waals surface area contributed by atoms with Gasteiger partial charge in [-0.25, -0.2) is 4.98 Å². The van der Waals surface area contributed by atoms with Gasteiger partial charge in [-0.05, 0) is 36.9 Å². The Labute approximate surface area is 146 Å². The van der Waals surface area contributed by atoms with Crippen molar-refractivity contribution in [2.24, 2.45) is 0 Å². The molecule has 0 bridgehead atoms. The molecule has 3 rings (SSSR count). The lowest BCUT2D eigenvalue weighted by molar-refractivity contribution is -0.0292. The third-order valence-corrected chi connectivity index (χ3v) is 4.35. The number of hydrogen-bond acceptors (Lipinski definition) is 5. The lowest BCUT2D eigenvalue weighted by Crippen LogP contribution is -2.44. The second kappa shape index (κ2) is 7.63. The second-order valence-corrected chi connectivity index (χ2v) is 6.33. The molecule has 0 aliphatic carbocycles. The molecule has 1 aliphatic rings. The predicted octanol–water partition coefficient (Wildman–Crippen LogP) is 3.09. The second-order valence-electron chi connectivity index (χ2n) is 5.89. The molecular formula is C18H19ClN4O. The molecule has 0 amide bonds. The molecular weight excluding hydrogens is 324 g/mol. The number of nitrogens with zero attached hydrogens (tertiary/aromatic N) is 3. The Balaban J connectivity index is 1.85. The summed E-state index contributed by atoms with van der Waals surface area (Å²) in [6, 6.07) is 13.4. The molecule has 0 radical (unpaired) electrons. The van der Waals surface area contributed by atoms with Gasteiger partial charge in [-0.1, -0.05) is 23.7 Å². The van der Waals surface area contributed by atoms with Gasteiger partial charge in [0.15, 0.2) is 0 Å². The molecule has 2 aromatic rings. The largest absolute Gasteiger partial charge is 0.373 e. The lowest BCUT2D eigenvalue weighted by Gasteiger charge is -2.36. The van der Waals surface area contributed by atoms with Crippen molar-refractivity contribution in [2.75, 3.05) is 32.1 Å². The summed E-state index contributed by atoms with van der Waals surface area (Å²) < 4.78 is 5.99. The fraction of sp³-hybridized carbons (Fsp3) is 0.333. The number of pyridine rings is 1. The van der Waals surface area contributed by atoms with Crippen LogP contribution in [0.2, 0.25) is 5.02 Å². The minimum absolute atomic E-state index is 0.00219. The summed E-state index contributed by atoms with van der Waals surface area (Å²) in [6.07, 6.45) is 1.57. The van der Waals surface area contributed by atoms with Gasteiger partial charge in [-0.2, -0.15) is 5.26 Å². The quantitative estimate of drug-likeness (QED) is 0.925. The van der Waals surface area contributed by atoms with E-state index in [1.165, 1.54) is 0 Å². The van der Waals surface area contributed by atoms with Crippen LogP contribution in [0.4, 0.5) is 5.82 Å². The van der Waals surface area contributed by atoms with E-state index in [0.29, 0.717) is 23.0 Å². The van der Waals surface area contributed by atoms with Crippen molar-refractivity contribution < 1.29 is 4.74 Å². The van der Waals surface area contributed by atoms with E-state index < -0.39 is 0 Å². The molecule has 0 spiro atoms. The number of morpholine rings is 1. The van der Waals surface area contributed by atoms with Crippen LogP contribution in [0.25, 0.3) is 0 Å². The lowest BCUT2D eigenvalue weighted by atomic mass is 10.00. The molecule has 5 nitrogen and oxygen atoms in total. The van der Waals surface area contributed by atoms with Crippen molar-refractivity contribution in [1.29, 1.82) is 5.26 Å². The number of rotatable bonds is 4. The van der Waals surface area contributed by atoms with Crippen LogP contribution >= 0.6 is 11.6 Å². The van der Waals surface area contributed by atoms with Crippen molar-refractivity contribution in [1.82, 2.24) is 9.88 Å². The summed E-state index contributed by atoms with van der Waals surface area (Å²) in [5.41, 5.74) is 1.63. The molecule has 124 valence electrons. The maximum atomic E-state index is 8.90. The maximum Gasteiger partial charge on any atom is 0.126 e. The summed E-state index contributed by atoms with van der Waals surface area (Å²) in [5, 5.41) is 13.0. The standard InChI is InChI=1S/C18H19ClN4O/c1-23-8-9-24-16(12-23)18(14-3-5-15(19)6-4-14)22-17-7-2-13(10-20)11-21-17/h2-7,11,16,18H,8-9,12H2,1H3,(H,21,22)/t16-,18-/m0/s1. The number of likely N-dealkylation sites (N-methyl/N-ethyl adjacent to an activating group) is 1. The van der Waals surface area contributed by atoms with Gasteiger partial charge in [0.25, 0.3) is 0 Å². The first kappa shape index (κ1) is 16.7. The highest BCUT2D eigenvalue weighted by molar-refractivity contribution is 6.30. The fourth-order valence-electron chi connectivity index (χ4n) is 2.78. The maximum absolute atomic E-state index is 8.90. The first-order valence-corrected chi connectivity index (χ1v) is 8.22. The Bertz CT molecular complexity index is 711. The van der Waals surface area contributed by atoms with Crippen molar-refractivity contribution >= 4 is 17.4 Å². The van der Waals surface area contributed by atoms with Crippen LogP contribution in [0, 0.1) is 11.3 Å². The molecule has 0 saturated carbocycles. The van der Waals surface area contributed by atoms with Gasteiger partial charge >= 0.3 is 0 Å². The normalized spacial score (nSPS) is 19.5. The molecule has 1 aliphatic heterocycles. The zero-order valence-corrected chi connectivity index (χ0v) is 14.2. The van der Waals surface area contributed by atoms with Crippen LogP contribution in [-0.4, -0.2) is 42.7 Å². The Morgan fingerprint density at radius 2 is 2.12 bits per heavy atom. The minimum atomic E-state index is -0.0505. The van der Waals surface area contributed by atoms with Gasteiger partial charge in [0.05, 0.1) is 24.3 Å². The molecule has 1 N–H and O–H groups in total. The average Bonchev–Trinajstić information content (AvgIpc) is 2.61. The van der Waals surface area contributed by atoms with Gasteiger partial charge in [0.2, 0.25) is 0 Å². The van der Waals surface area contributed by atoms with Gasteiger partial charge in [0.1, 0.15) is 11.9 Å². The minimum Gasteiger partial charge on any atom is -0.373 e. The fourth-order valence-corrected chi connectivity index (χ4v) is 2.90. The summed E-state index contributed by atoms with van der Waals surface area (Å²) in [6.45, 7) is 2.46. The first-order chi connectivity index (χ1) is 11.7. The van der Waals surface area contributed by atoms with Crippen molar-refractivity contribution in [3.8, 4) is 6.07 Å². The van der Waals surface area contributed by atoms with Crippen LogP contribution < -0.4 is 5.32 Å². The summed E-state index contributed by atoms with van der Waals surface area (Å²) in [5.74, 6) is 0.714. The zero-order valence-electron chi connectivity index (χ0n) is 13.4. The van der Waals surface area contributed by atoms with Crippen LogP contribution in [0.1, 0.15) is 17.2 Å². The Morgan fingerprint density at radius 3 is 2.75 bits per heavy atom. The average molecular weight is 343 g/mol. The number of nitrogens with one attached hydrogen (secondary N) is 1. The number of hydrogen-bond donors (Lipinski definition) is 1. The topological polar surface area (TPSA) is 61.2 Å². The number of ether oxygens (including phenoxy) is 1. The number of nitriles is 1. The highest BCUT2D eigenvalue weighted by atomic mass is 35.5. The molecule has 2 heterocycles. The Kier molecular flexibility index (Phi) is 5.31. The van der Waals surface area contributed by atoms with E-state index in [1.807, 2.05) is 30.3 Å². The van der Waals surface area contributed by atoms with E-state index >= 15 is 0 Å². The van der Waals surface area contributed by atoms with E-state index in [1.54, 1.807) is 12.3 Å². The van der Waals surface area contributed by atoms with Gasteiger partial charge in [0, 0.05) is 24.3 Å². The SMILES string of the molecule is CN1CCO[C@H]([C@@H](Nc2ccc(C#N)cn2)c2ccc(Cl)cc2)C1. The van der Waals surface area contributed by atoms with Crippen LogP contribution in [-0.2, 0) is 4.74 Å². The predicted molar refractivity (Wildman–Crippen MR) is 94.0 cm³/mol. The molecule has 1 aromatic heterocycles. The highest BCUT2D eigenvalue weighted by Gasteiger charge is 2.28. The van der Waals surface area contributed by atoms with E-state index in [4.69, 9.17) is 21.6 Å². The monoisotopic (exact) mass is 342 g/mol. The number of aromatic nitrogens is 1. The molecule has 6 heteroatoms. The van der Waals surface area contributed by atoms with Gasteiger partial charge < -0.3 is 15.0 Å². The zero-order chi connectivity index (χ0) is 16.9. The number of anilines is 1. The van der Waals surface area contributed by atoms with Gasteiger partial charge in [-0.3, -0.25) is 0 Å². The first-order valence-electron chi connectivity index (χ1n) is 7.84. The van der Waals surface area contributed by atoms with E-state index in [0.717, 1.165) is 18.7 Å². The molecule has 1 saturated heterocycles. The summed E-state index contributed by atoms with van der Waals surface area (Å²) in [4.78, 5) is 6.57. The van der Waals surface area contributed by atoms with Crippen LogP contribution in [0.3, 0.4) is 0 Å². The molecule has 1 aromatic carbocycles. The highest BCUT2D eigenvalue weighted by Crippen LogP contribution is 2.27. The van der Waals surface area contributed by atoms with E-state index in [9.17, 15) is 0 Å². The van der Waals surface area contributed by atoms with Crippen LogP contribution in [0.5, 0.6) is 0 Å².